The predicted octanol–water partition coefficient (Wildman–Crippen LogP) is 2.62. The molecule has 0 unspecified atom stereocenters. The van der Waals surface area contributed by atoms with Gasteiger partial charge in [0, 0.05) is 0 Å². The molecule has 0 aliphatic rings. The van der Waals surface area contributed by atoms with E-state index in [1.54, 1.807) is 0 Å². The van der Waals surface area contributed by atoms with Crippen molar-refractivity contribution in [2.75, 3.05) is 11.6 Å². The van der Waals surface area contributed by atoms with Crippen LogP contribution in [0.3, 0.4) is 0 Å². The van der Waals surface area contributed by atoms with Gasteiger partial charge in [-0.1, -0.05) is 30.0 Å². The zero-order chi connectivity index (χ0) is 18.6. The zero-order valence-electron chi connectivity index (χ0n) is 15.2. The highest BCUT2D eigenvalue weighted by Crippen LogP contribution is 2.23. The molecule has 2 rings (SSSR count). The molecule has 0 radical (unpaired) electrons. The van der Waals surface area contributed by atoms with E-state index in [1.165, 1.54) is 16.4 Å². The second-order valence-corrected chi connectivity index (χ2v) is 7.60. The SMILES string of the molecule is Cc1cccc(C)c1OCc1nnc(SCC(=O)OC(C)(C)C)n1N. The third-order valence-corrected chi connectivity index (χ3v) is 4.15. The molecular formula is C17H24N4O3S. The minimum atomic E-state index is -0.515. The van der Waals surface area contributed by atoms with Crippen LogP contribution in [0.25, 0.3) is 0 Å². The van der Waals surface area contributed by atoms with E-state index < -0.39 is 5.60 Å². The summed E-state index contributed by atoms with van der Waals surface area (Å²) in [5.74, 6) is 7.08. The number of rotatable bonds is 6. The lowest BCUT2D eigenvalue weighted by Crippen LogP contribution is -2.25. The molecule has 1 aromatic carbocycles. The largest absolute Gasteiger partial charge is 0.485 e. The van der Waals surface area contributed by atoms with E-state index >= 15 is 0 Å². The van der Waals surface area contributed by atoms with Crippen LogP contribution in [0.1, 0.15) is 37.7 Å². The highest BCUT2D eigenvalue weighted by Gasteiger charge is 2.18. The van der Waals surface area contributed by atoms with Crippen LogP contribution in [0, 0.1) is 13.8 Å². The molecule has 8 heteroatoms. The van der Waals surface area contributed by atoms with Crippen molar-refractivity contribution in [3.63, 3.8) is 0 Å². The summed E-state index contributed by atoms with van der Waals surface area (Å²) < 4.78 is 12.4. The number of nitrogen functional groups attached to an aromatic ring is 1. The van der Waals surface area contributed by atoms with Crippen LogP contribution in [0.2, 0.25) is 0 Å². The highest BCUT2D eigenvalue weighted by atomic mass is 32.2. The molecule has 7 nitrogen and oxygen atoms in total. The lowest BCUT2D eigenvalue weighted by molar-refractivity contribution is -0.151. The zero-order valence-corrected chi connectivity index (χ0v) is 16.0. The average molecular weight is 364 g/mol. The van der Waals surface area contributed by atoms with Gasteiger partial charge in [0.2, 0.25) is 5.16 Å². The number of aromatic nitrogens is 3. The van der Waals surface area contributed by atoms with Crippen LogP contribution in [0.4, 0.5) is 0 Å². The van der Waals surface area contributed by atoms with Crippen molar-refractivity contribution in [2.45, 2.75) is 52.0 Å². The summed E-state index contributed by atoms with van der Waals surface area (Å²) in [5, 5.41) is 8.47. The number of carbonyl (C=O) groups excluding carboxylic acids is 1. The number of esters is 1. The number of ether oxygens (including phenoxy) is 2. The van der Waals surface area contributed by atoms with Crippen LogP contribution in [-0.2, 0) is 16.1 Å². The molecule has 136 valence electrons. The van der Waals surface area contributed by atoms with Gasteiger partial charge in [-0.15, -0.1) is 10.2 Å². The van der Waals surface area contributed by atoms with Crippen molar-refractivity contribution in [3.05, 3.63) is 35.2 Å². The molecule has 1 aromatic heterocycles. The Morgan fingerprint density at radius 3 is 2.48 bits per heavy atom. The van der Waals surface area contributed by atoms with Crippen LogP contribution < -0.4 is 10.6 Å². The minimum Gasteiger partial charge on any atom is -0.485 e. The quantitative estimate of drug-likeness (QED) is 0.478. The molecule has 2 N–H and O–H groups in total. The van der Waals surface area contributed by atoms with Gasteiger partial charge in [0.15, 0.2) is 5.82 Å². The fourth-order valence-corrected chi connectivity index (χ4v) is 2.81. The van der Waals surface area contributed by atoms with E-state index in [4.69, 9.17) is 15.3 Å². The fraction of sp³-hybridized carbons (Fsp3) is 0.471. The Bertz CT molecular complexity index is 733. The third kappa shape index (κ3) is 5.38. The Morgan fingerprint density at radius 1 is 1.24 bits per heavy atom. The number of aryl methyl sites for hydroxylation is 2. The van der Waals surface area contributed by atoms with E-state index in [2.05, 4.69) is 10.2 Å². The number of nitrogens with two attached hydrogens (primary N) is 1. The first-order chi connectivity index (χ1) is 11.7. The number of nitrogens with zero attached hydrogens (tertiary/aromatic N) is 3. The Kier molecular flexibility index (Phi) is 5.94. The molecule has 25 heavy (non-hydrogen) atoms. The number of para-hydroxylation sites is 1. The summed E-state index contributed by atoms with van der Waals surface area (Å²) in [7, 11) is 0. The molecule has 0 amide bonds. The summed E-state index contributed by atoms with van der Waals surface area (Å²) in [6.07, 6.45) is 0. The molecular weight excluding hydrogens is 340 g/mol. The molecule has 0 bridgehead atoms. The summed E-state index contributed by atoms with van der Waals surface area (Å²) >= 11 is 1.18. The van der Waals surface area contributed by atoms with E-state index in [0.29, 0.717) is 11.0 Å². The first kappa shape index (κ1) is 19.1. The number of thioether (sulfide) groups is 1. The summed E-state index contributed by atoms with van der Waals surface area (Å²) in [6.45, 7) is 9.63. The van der Waals surface area contributed by atoms with Crippen molar-refractivity contribution in [3.8, 4) is 5.75 Å². The Hall–Kier alpha value is -2.22. The summed E-state index contributed by atoms with van der Waals surface area (Å²) in [6, 6.07) is 5.95. The second kappa shape index (κ2) is 7.77. The second-order valence-electron chi connectivity index (χ2n) is 6.65. The normalized spacial score (nSPS) is 11.4. The van der Waals surface area contributed by atoms with Gasteiger partial charge in [-0.2, -0.15) is 0 Å². The van der Waals surface area contributed by atoms with Gasteiger partial charge in [0.1, 0.15) is 18.0 Å². The maximum Gasteiger partial charge on any atom is 0.316 e. The molecule has 1 heterocycles. The molecule has 2 aromatic rings. The Labute approximate surface area is 151 Å². The number of benzene rings is 1. The summed E-state index contributed by atoms with van der Waals surface area (Å²) in [4.78, 5) is 11.8. The predicted molar refractivity (Wildman–Crippen MR) is 97.0 cm³/mol. The molecule has 0 aliphatic carbocycles. The molecule has 0 atom stereocenters. The van der Waals surface area contributed by atoms with Gasteiger partial charge >= 0.3 is 5.97 Å². The number of carbonyl (C=O) groups is 1. The maximum absolute atomic E-state index is 11.8. The van der Waals surface area contributed by atoms with Crippen molar-refractivity contribution >= 4 is 17.7 Å². The highest BCUT2D eigenvalue weighted by molar-refractivity contribution is 7.99. The van der Waals surface area contributed by atoms with E-state index in [1.807, 2.05) is 52.8 Å². The topological polar surface area (TPSA) is 92.3 Å². The van der Waals surface area contributed by atoms with E-state index in [-0.39, 0.29) is 18.3 Å². The van der Waals surface area contributed by atoms with E-state index in [0.717, 1.165) is 16.9 Å². The maximum atomic E-state index is 11.8. The minimum absolute atomic E-state index is 0.115. The van der Waals surface area contributed by atoms with Crippen LogP contribution >= 0.6 is 11.8 Å². The smallest absolute Gasteiger partial charge is 0.316 e. The monoisotopic (exact) mass is 364 g/mol. The number of hydrogen-bond donors (Lipinski definition) is 1. The van der Waals surface area contributed by atoms with E-state index in [9.17, 15) is 4.79 Å². The third-order valence-electron chi connectivity index (χ3n) is 3.23. The summed E-state index contributed by atoms with van der Waals surface area (Å²) in [5.41, 5.74) is 1.57. The molecule has 0 saturated carbocycles. The number of hydrogen-bond acceptors (Lipinski definition) is 7. The molecule has 0 spiro atoms. The first-order valence-electron chi connectivity index (χ1n) is 7.90. The molecule has 0 saturated heterocycles. The molecule has 0 fully saturated rings. The van der Waals surface area contributed by atoms with Gasteiger partial charge < -0.3 is 15.3 Å². The lowest BCUT2D eigenvalue weighted by Gasteiger charge is -2.19. The van der Waals surface area contributed by atoms with Crippen LogP contribution in [0.5, 0.6) is 5.75 Å². The Balaban J connectivity index is 1.96. The van der Waals surface area contributed by atoms with Gasteiger partial charge in [-0.25, -0.2) is 4.68 Å². The van der Waals surface area contributed by atoms with Crippen molar-refractivity contribution in [2.24, 2.45) is 0 Å². The fourth-order valence-electron chi connectivity index (χ4n) is 2.16. The van der Waals surface area contributed by atoms with Gasteiger partial charge in [-0.05, 0) is 45.7 Å². The Morgan fingerprint density at radius 2 is 1.88 bits per heavy atom. The lowest BCUT2D eigenvalue weighted by atomic mass is 10.1. The average Bonchev–Trinajstić information content (AvgIpc) is 2.83. The van der Waals surface area contributed by atoms with Crippen LogP contribution in [0.15, 0.2) is 23.4 Å². The van der Waals surface area contributed by atoms with Crippen LogP contribution in [-0.4, -0.2) is 32.2 Å². The van der Waals surface area contributed by atoms with Gasteiger partial charge in [0.25, 0.3) is 0 Å². The standard InChI is InChI=1S/C17H24N4O3S/c1-11-7-6-8-12(2)15(11)23-9-13-19-20-16(21(13)18)25-10-14(22)24-17(3,4)5/h6-8H,9-10,18H2,1-5H3. The van der Waals surface area contributed by atoms with Crippen molar-refractivity contribution in [1.29, 1.82) is 0 Å². The van der Waals surface area contributed by atoms with Gasteiger partial charge in [-0.3, -0.25) is 4.79 Å². The van der Waals surface area contributed by atoms with Crippen molar-refractivity contribution in [1.82, 2.24) is 14.9 Å². The molecule has 0 aliphatic heterocycles. The van der Waals surface area contributed by atoms with Crippen molar-refractivity contribution < 1.29 is 14.3 Å². The first-order valence-corrected chi connectivity index (χ1v) is 8.89. The van der Waals surface area contributed by atoms with Gasteiger partial charge in [0.05, 0.1) is 5.75 Å².